The first kappa shape index (κ1) is 28.3. The van der Waals surface area contributed by atoms with Gasteiger partial charge in [-0.1, -0.05) is 12.1 Å². The zero-order valence-corrected chi connectivity index (χ0v) is 21.8. The van der Waals surface area contributed by atoms with Crippen molar-refractivity contribution in [3.8, 4) is 16.9 Å². The van der Waals surface area contributed by atoms with Gasteiger partial charge >= 0.3 is 12.1 Å². The molecule has 0 radical (unpaired) electrons. The summed E-state index contributed by atoms with van der Waals surface area (Å²) in [5.74, 6) is -4.88. The molecule has 1 heterocycles. The summed E-state index contributed by atoms with van der Waals surface area (Å²) >= 11 is 0. The Balaban J connectivity index is 1.59. The van der Waals surface area contributed by atoms with Crippen LogP contribution in [0.4, 0.5) is 39.0 Å². The molecule has 1 amide bonds. The lowest BCUT2D eigenvalue weighted by Crippen LogP contribution is -2.26. The minimum absolute atomic E-state index is 0.0237. The van der Waals surface area contributed by atoms with E-state index in [0.29, 0.717) is 5.69 Å². The Kier molecular flexibility index (Phi) is 6.93. The van der Waals surface area contributed by atoms with E-state index in [1.165, 1.54) is 0 Å². The van der Waals surface area contributed by atoms with Gasteiger partial charge in [-0.15, -0.1) is 0 Å². The van der Waals surface area contributed by atoms with Crippen LogP contribution in [0.5, 0.6) is 5.75 Å². The number of hydrazone groups is 1. The number of aromatic carboxylic acids is 1. The number of carbonyl (C=O) groups is 2. The third-order valence-corrected chi connectivity index (χ3v) is 6.85. The van der Waals surface area contributed by atoms with Gasteiger partial charge in [-0.2, -0.15) is 18.3 Å². The van der Waals surface area contributed by atoms with Crippen LogP contribution in [0.3, 0.4) is 0 Å². The van der Waals surface area contributed by atoms with E-state index in [-0.39, 0.29) is 33.8 Å². The van der Waals surface area contributed by atoms with Crippen molar-refractivity contribution in [1.29, 1.82) is 0 Å². The van der Waals surface area contributed by atoms with Crippen molar-refractivity contribution in [2.24, 2.45) is 5.10 Å². The highest BCUT2D eigenvalue weighted by molar-refractivity contribution is 6.55. The predicted molar refractivity (Wildman–Crippen MR) is 145 cm³/mol. The van der Waals surface area contributed by atoms with Crippen molar-refractivity contribution in [1.82, 2.24) is 0 Å². The molecule has 0 spiro atoms. The van der Waals surface area contributed by atoms with Gasteiger partial charge in [0.25, 0.3) is 5.91 Å². The first-order valence-electron chi connectivity index (χ1n) is 12.3. The van der Waals surface area contributed by atoms with Crippen molar-refractivity contribution in [2.75, 3.05) is 10.3 Å². The number of alkyl halides is 3. The number of fused-ring (bicyclic) bond motifs is 1. The second-order valence-electron chi connectivity index (χ2n) is 9.56. The van der Waals surface area contributed by atoms with E-state index < -0.39 is 46.6 Å². The number of carboxylic acid groups (broad SMARTS) is 1. The summed E-state index contributed by atoms with van der Waals surface area (Å²) in [6.07, 6.45) is -4.68. The molecule has 0 atom stereocenters. The fourth-order valence-electron chi connectivity index (χ4n) is 4.53. The third-order valence-electron chi connectivity index (χ3n) is 6.85. The molecule has 1 aliphatic rings. The average Bonchev–Trinajstić information content (AvgIpc) is 3.20. The van der Waals surface area contributed by atoms with Crippen LogP contribution < -0.4 is 10.3 Å². The number of anilines is 3. The van der Waals surface area contributed by atoms with Crippen molar-refractivity contribution >= 4 is 34.7 Å². The van der Waals surface area contributed by atoms with Crippen LogP contribution in [0.25, 0.3) is 11.1 Å². The topological polar surface area (TPSA) is 102 Å². The largest absolute Gasteiger partial charge is 0.505 e. The molecule has 0 aromatic heterocycles. The number of aromatic hydroxyl groups is 1. The van der Waals surface area contributed by atoms with Gasteiger partial charge in [0.2, 0.25) is 0 Å². The minimum atomic E-state index is -4.68. The van der Waals surface area contributed by atoms with Crippen molar-refractivity contribution < 1.29 is 41.8 Å². The number of halogens is 5. The van der Waals surface area contributed by atoms with E-state index in [1.54, 1.807) is 25.1 Å². The molecule has 12 heteroatoms. The summed E-state index contributed by atoms with van der Waals surface area (Å²) in [4.78, 5) is 26.0. The fraction of sp³-hybridized carbons (Fsp3) is 0.100. The zero-order chi connectivity index (χ0) is 30.5. The van der Waals surface area contributed by atoms with E-state index in [9.17, 15) is 41.8 Å². The number of aryl methyl sites for hydroxylation is 2. The number of phenolic OH excluding ortho intramolecular Hbond substituents is 1. The second-order valence-corrected chi connectivity index (χ2v) is 9.56. The highest BCUT2D eigenvalue weighted by Crippen LogP contribution is 2.41. The molecule has 5 rings (SSSR count). The highest BCUT2D eigenvalue weighted by Gasteiger charge is 2.39. The van der Waals surface area contributed by atoms with Crippen molar-refractivity contribution in [2.45, 2.75) is 20.0 Å². The molecule has 0 aliphatic carbocycles. The van der Waals surface area contributed by atoms with Gasteiger partial charge in [0.15, 0.2) is 5.71 Å². The van der Waals surface area contributed by atoms with Crippen LogP contribution >= 0.6 is 0 Å². The molecular weight excluding hydrogens is 561 g/mol. The van der Waals surface area contributed by atoms with E-state index in [0.717, 1.165) is 64.6 Å². The number of hydrogen-bond acceptors (Lipinski definition) is 5. The molecule has 0 bridgehead atoms. The first-order chi connectivity index (χ1) is 19.8. The number of amides is 1. The SMILES string of the molecule is Cc1ccc(N2C(=O)C(=NNc3cc(F)cc(-c4ccc(F)c(C(=O)O)c4)c3O)c3ccc(C(F)(F)F)cc32)cc1C. The number of carboxylic acids is 1. The summed E-state index contributed by atoms with van der Waals surface area (Å²) in [5, 5.41) is 24.1. The summed E-state index contributed by atoms with van der Waals surface area (Å²) < 4.78 is 69.1. The van der Waals surface area contributed by atoms with E-state index in [1.807, 2.05) is 6.92 Å². The summed E-state index contributed by atoms with van der Waals surface area (Å²) in [5.41, 5.74) is 1.81. The lowest BCUT2D eigenvalue weighted by atomic mass is 10.0. The van der Waals surface area contributed by atoms with Crippen LogP contribution in [0, 0.1) is 25.5 Å². The first-order valence-corrected chi connectivity index (χ1v) is 12.3. The molecule has 7 nitrogen and oxygen atoms in total. The number of nitrogens with one attached hydrogen (secondary N) is 1. The van der Waals surface area contributed by atoms with Gasteiger partial charge < -0.3 is 10.2 Å². The molecule has 0 fully saturated rings. The zero-order valence-electron chi connectivity index (χ0n) is 21.8. The maximum Gasteiger partial charge on any atom is 0.416 e. The molecule has 3 N–H and O–H groups in total. The van der Waals surface area contributed by atoms with E-state index >= 15 is 0 Å². The molecule has 42 heavy (non-hydrogen) atoms. The second kappa shape index (κ2) is 10.3. The van der Waals surface area contributed by atoms with Crippen LogP contribution in [-0.4, -0.2) is 27.8 Å². The van der Waals surface area contributed by atoms with Gasteiger partial charge in [-0.3, -0.25) is 15.1 Å². The minimum Gasteiger partial charge on any atom is -0.505 e. The Morgan fingerprint density at radius 2 is 1.64 bits per heavy atom. The van der Waals surface area contributed by atoms with Crippen LogP contribution in [0.1, 0.15) is 32.6 Å². The van der Waals surface area contributed by atoms with Crippen molar-refractivity contribution in [3.63, 3.8) is 0 Å². The maximum absolute atomic E-state index is 14.6. The van der Waals surface area contributed by atoms with Crippen molar-refractivity contribution in [3.05, 3.63) is 106 Å². The van der Waals surface area contributed by atoms with E-state index in [4.69, 9.17) is 0 Å². The number of hydrogen-bond donors (Lipinski definition) is 3. The van der Waals surface area contributed by atoms with Gasteiger partial charge in [-0.05, 0) is 79.1 Å². The summed E-state index contributed by atoms with van der Waals surface area (Å²) in [6, 6.07) is 12.3. The Morgan fingerprint density at radius 3 is 2.31 bits per heavy atom. The third kappa shape index (κ3) is 5.02. The molecular formula is C30H20F5N3O4. The lowest BCUT2D eigenvalue weighted by Gasteiger charge is -2.19. The standard InChI is InChI=1S/C30H20F5N3O4/c1-14-3-6-19(9-15(14)2)38-25-11-17(30(33,34)35)5-7-20(25)26(28(38)40)37-36-24-13-18(31)12-21(27(24)39)16-4-8-23(32)22(10-16)29(41)42/h3-13,36,39H,1-2H3,(H,41,42). The fourth-order valence-corrected chi connectivity index (χ4v) is 4.53. The smallest absolute Gasteiger partial charge is 0.416 e. The number of benzene rings is 4. The monoisotopic (exact) mass is 581 g/mol. The van der Waals surface area contributed by atoms with Gasteiger partial charge in [0, 0.05) is 22.9 Å². The molecule has 214 valence electrons. The summed E-state index contributed by atoms with van der Waals surface area (Å²) in [6.45, 7) is 3.62. The van der Waals surface area contributed by atoms with Gasteiger partial charge in [0.1, 0.15) is 23.1 Å². The molecule has 4 aromatic rings. The Hall–Kier alpha value is -5.26. The molecule has 1 aliphatic heterocycles. The van der Waals surface area contributed by atoms with Crippen LogP contribution in [0.15, 0.2) is 71.8 Å². The maximum atomic E-state index is 14.6. The number of nitrogens with zero attached hydrogens (tertiary/aromatic N) is 2. The van der Waals surface area contributed by atoms with Crippen LogP contribution in [-0.2, 0) is 11.0 Å². The molecule has 0 saturated heterocycles. The van der Waals surface area contributed by atoms with Gasteiger partial charge in [0.05, 0.1) is 16.8 Å². The van der Waals surface area contributed by atoms with E-state index in [2.05, 4.69) is 10.5 Å². The normalized spacial score (nSPS) is 13.9. The Labute approximate surface area is 235 Å². The Morgan fingerprint density at radius 1 is 0.905 bits per heavy atom. The highest BCUT2D eigenvalue weighted by atomic mass is 19.4. The van der Waals surface area contributed by atoms with Gasteiger partial charge in [-0.25, -0.2) is 13.6 Å². The molecule has 0 unspecified atom stereocenters. The number of rotatable bonds is 5. The quantitative estimate of drug-likeness (QED) is 0.132. The Bertz CT molecular complexity index is 1820. The number of phenols is 1. The molecule has 0 saturated carbocycles. The predicted octanol–water partition coefficient (Wildman–Crippen LogP) is 7.17. The number of carbonyl (C=O) groups excluding carboxylic acids is 1. The lowest BCUT2D eigenvalue weighted by molar-refractivity contribution is -0.137. The average molecular weight is 581 g/mol. The van der Waals surface area contributed by atoms with Crippen LogP contribution in [0.2, 0.25) is 0 Å². The molecule has 4 aromatic carbocycles. The summed E-state index contributed by atoms with van der Waals surface area (Å²) in [7, 11) is 0.